The van der Waals surface area contributed by atoms with Gasteiger partial charge in [0.15, 0.2) is 5.96 Å². The molecule has 1 atom stereocenters. The lowest BCUT2D eigenvalue weighted by atomic mass is 9.73. The van der Waals surface area contributed by atoms with Crippen molar-refractivity contribution in [2.75, 3.05) is 60.2 Å². The van der Waals surface area contributed by atoms with E-state index in [9.17, 15) is 0 Å². The molecule has 0 spiro atoms. The number of hydrogen-bond acceptors (Lipinski definition) is 4. The van der Waals surface area contributed by atoms with E-state index in [-0.39, 0.29) is 5.41 Å². The summed E-state index contributed by atoms with van der Waals surface area (Å²) in [5.74, 6) is 2.50. The molecule has 2 aliphatic rings. The third-order valence-electron chi connectivity index (χ3n) is 6.16. The zero-order chi connectivity index (χ0) is 20.7. The summed E-state index contributed by atoms with van der Waals surface area (Å²) in [5.41, 5.74) is 2.45. The van der Waals surface area contributed by atoms with Gasteiger partial charge in [-0.25, -0.2) is 0 Å². The molecule has 1 aromatic rings. The Balaban J connectivity index is 1.85. The second-order valence-electron chi connectivity index (χ2n) is 8.38. The molecule has 1 aromatic carbocycles. The van der Waals surface area contributed by atoms with Crippen molar-refractivity contribution in [3.8, 4) is 5.75 Å². The highest BCUT2D eigenvalue weighted by atomic mass is 16.5. The Morgan fingerprint density at radius 2 is 2.07 bits per heavy atom. The predicted octanol–water partition coefficient (Wildman–Crippen LogP) is 2.99. The van der Waals surface area contributed by atoms with Gasteiger partial charge in [-0.05, 0) is 39.2 Å². The van der Waals surface area contributed by atoms with E-state index in [0.717, 1.165) is 77.0 Å². The summed E-state index contributed by atoms with van der Waals surface area (Å²) < 4.78 is 17.0. The fourth-order valence-electron chi connectivity index (χ4n) is 4.41. The van der Waals surface area contributed by atoms with Crippen molar-refractivity contribution >= 4 is 5.96 Å². The van der Waals surface area contributed by atoms with Gasteiger partial charge in [0, 0.05) is 56.9 Å². The van der Waals surface area contributed by atoms with Crippen molar-refractivity contribution in [3.05, 3.63) is 29.3 Å². The molecule has 0 saturated carbocycles. The number of ether oxygens (including phenoxy) is 3. The van der Waals surface area contributed by atoms with Crippen molar-refractivity contribution in [1.82, 2.24) is 10.2 Å². The van der Waals surface area contributed by atoms with Crippen molar-refractivity contribution in [3.63, 3.8) is 0 Å². The molecule has 2 saturated heterocycles. The van der Waals surface area contributed by atoms with Gasteiger partial charge in [-0.15, -0.1) is 0 Å². The highest BCUT2D eigenvalue weighted by molar-refractivity contribution is 5.79. The number of aliphatic imine (C=N–C) groups is 1. The fraction of sp³-hybridized carbons (Fsp3) is 0.696. The van der Waals surface area contributed by atoms with Gasteiger partial charge in [-0.1, -0.05) is 17.7 Å². The van der Waals surface area contributed by atoms with Gasteiger partial charge >= 0.3 is 0 Å². The summed E-state index contributed by atoms with van der Waals surface area (Å²) in [6.45, 7) is 10.1. The fourth-order valence-corrected chi connectivity index (χ4v) is 4.41. The molecule has 0 amide bonds. The van der Waals surface area contributed by atoms with Gasteiger partial charge in [-0.2, -0.15) is 0 Å². The van der Waals surface area contributed by atoms with Crippen LogP contribution in [0.4, 0.5) is 0 Å². The van der Waals surface area contributed by atoms with Crippen LogP contribution in [0, 0.1) is 12.8 Å². The van der Waals surface area contributed by atoms with Crippen molar-refractivity contribution in [2.24, 2.45) is 10.9 Å². The van der Waals surface area contributed by atoms with Crippen LogP contribution in [-0.4, -0.2) is 71.1 Å². The second kappa shape index (κ2) is 10.3. The van der Waals surface area contributed by atoms with E-state index in [2.05, 4.69) is 49.3 Å². The molecular weight excluding hydrogens is 366 g/mol. The van der Waals surface area contributed by atoms with E-state index in [1.807, 2.05) is 0 Å². The summed E-state index contributed by atoms with van der Waals surface area (Å²) in [7, 11) is 3.88. The zero-order valence-corrected chi connectivity index (χ0v) is 18.5. The lowest BCUT2D eigenvalue weighted by Crippen LogP contribution is -2.43. The summed E-state index contributed by atoms with van der Waals surface area (Å²) in [6, 6.07) is 6.47. The molecule has 1 N–H and O–H groups in total. The molecule has 0 bridgehead atoms. The normalized spacial score (nSPS) is 21.8. The van der Waals surface area contributed by atoms with E-state index in [0.29, 0.717) is 5.92 Å². The number of guanidine groups is 1. The van der Waals surface area contributed by atoms with Crippen LogP contribution in [0.2, 0.25) is 0 Å². The van der Waals surface area contributed by atoms with Crippen molar-refractivity contribution in [1.29, 1.82) is 0 Å². The first kappa shape index (κ1) is 21.9. The third kappa shape index (κ3) is 5.43. The van der Waals surface area contributed by atoms with Gasteiger partial charge in [0.25, 0.3) is 0 Å². The summed E-state index contributed by atoms with van der Waals surface area (Å²) in [4.78, 5) is 7.37. The van der Waals surface area contributed by atoms with Crippen LogP contribution >= 0.6 is 0 Å². The molecule has 6 heteroatoms. The molecule has 0 radical (unpaired) electrons. The maximum absolute atomic E-state index is 5.74. The molecular formula is C23H37N3O3. The van der Waals surface area contributed by atoms with E-state index < -0.39 is 0 Å². The van der Waals surface area contributed by atoms with Crippen LogP contribution < -0.4 is 10.1 Å². The van der Waals surface area contributed by atoms with Gasteiger partial charge < -0.3 is 24.4 Å². The predicted molar refractivity (Wildman–Crippen MR) is 117 cm³/mol. The lowest BCUT2D eigenvalue weighted by molar-refractivity contribution is 0.0522. The molecule has 6 nitrogen and oxygen atoms in total. The number of hydrogen-bond donors (Lipinski definition) is 1. The van der Waals surface area contributed by atoms with Crippen LogP contribution in [0.3, 0.4) is 0 Å². The van der Waals surface area contributed by atoms with Crippen LogP contribution in [0.25, 0.3) is 0 Å². The topological polar surface area (TPSA) is 55.3 Å². The Morgan fingerprint density at radius 3 is 2.72 bits per heavy atom. The summed E-state index contributed by atoms with van der Waals surface area (Å²) >= 11 is 0. The highest BCUT2D eigenvalue weighted by Gasteiger charge is 2.37. The van der Waals surface area contributed by atoms with Crippen molar-refractivity contribution in [2.45, 2.75) is 38.5 Å². The number of rotatable bonds is 7. The number of nitrogens with zero attached hydrogens (tertiary/aromatic N) is 2. The first-order valence-electron chi connectivity index (χ1n) is 10.9. The molecule has 2 aliphatic heterocycles. The van der Waals surface area contributed by atoms with Crippen LogP contribution in [-0.2, 0) is 14.9 Å². The summed E-state index contributed by atoms with van der Waals surface area (Å²) in [5, 5.41) is 3.48. The maximum atomic E-state index is 5.74. The second-order valence-corrected chi connectivity index (χ2v) is 8.38. The number of benzene rings is 1. The standard InChI is InChI=1S/C23H37N3O3/c1-5-24-22(26(3)15-19-8-11-29-16-19)25-17-23(9-12-28-13-10-23)20-14-18(2)6-7-21(20)27-4/h6-7,14,19H,5,8-13,15-17H2,1-4H3,(H,24,25). The monoisotopic (exact) mass is 403 g/mol. The van der Waals surface area contributed by atoms with Gasteiger partial charge in [0.05, 0.1) is 20.3 Å². The zero-order valence-electron chi connectivity index (χ0n) is 18.5. The smallest absolute Gasteiger partial charge is 0.193 e. The average Bonchev–Trinajstić information content (AvgIpc) is 3.24. The molecule has 1 unspecified atom stereocenters. The van der Waals surface area contributed by atoms with Gasteiger partial charge in [0.1, 0.15) is 5.75 Å². The third-order valence-corrected chi connectivity index (χ3v) is 6.16. The Labute approximate surface area is 175 Å². The SMILES string of the molecule is CCNC(=NCC1(c2cc(C)ccc2OC)CCOCC1)N(C)CC1CCOC1. The van der Waals surface area contributed by atoms with Gasteiger partial charge in [0.2, 0.25) is 0 Å². The highest BCUT2D eigenvalue weighted by Crippen LogP contribution is 2.40. The molecule has 162 valence electrons. The largest absolute Gasteiger partial charge is 0.496 e. The first-order valence-corrected chi connectivity index (χ1v) is 10.9. The minimum absolute atomic E-state index is 0.0619. The van der Waals surface area contributed by atoms with E-state index in [1.165, 1.54) is 11.1 Å². The van der Waals surface area contributed by atoms with E-state index in [4.69, 9.17) is 19.2 Å². The van der Waals surface area contributed by atoms with E-state index >= 15 is 0 Å². The minimum atomic E-state index is -0.0619. The molecule has 2 fully saturated rings. The average molecular weight is 404 g/mol. The Bertz CT molecular complexity index is 680. The van der Waals surface area contributed by atoms with E-state index in [1.54, 1.807) is 7.11 Å². The Morgan fingerprint density at radius 1 is 1.28 bits per heavy atom. The van der Waals surface area contributed by atoms with Crippen LogP contribution in [0.1, 0.15) is 37.3 Å². The molecule has 29 heavy (non-hydrogen) atoms. The molecule has 2 heterocycles. The first-order chi connectivity index (χ1) is 14.1. The Kier molecular flexibility index (Phi) is 7.78. The quantitative estimate of drug-likeness (QED) is 0.560. The van der Waals surface area contributed by atoms with Crippen molar-refractivity contribution < 1.29 is 14.2 Å². The number of nitrogens with one attached hydrogen (secondary N) is 1. The maximum Gasteiger partial charge on any atom is 0.193 e. The molecule has 3 rings (SSSR count). The summed E-state index contributed by atoms with van der Waals surface area (Å²) in [6.07, 6.45) is 3.04. The molecule has 0 aromatic heterocycles. The molecule has 0 aliphatic carbocycles. The van der Waals surface area contributed by atoms with Crippen LogP contribution in [0.15, 0.2) is 23.2 Å². The number of aryl methyl sites for hydroxylation is 1. The van der Waals surface area contributed by atoms with Crippen LogP contribution in [0.5, 0.6) is 5.75 Å². The lowest BCUT2D eigenvalue weighted by Gasteiger charge is -2.38. The Hall–Kier alpha value is -1.79. The minimum Gasteiger partial charge on any atom is -0.496 e. The number of methoxy groups -OCH3 is 1. The van der Waals surface area contributed by atoms with Gasteiger partial charge in [-0.3, -0.25) is 4.99 Å².